The lowest BCUT2D eigenvalue weighted by atomic mass is 10.1. The van der Waals surface area contributed by atoms with E-state index in [9.17, 15) is 18.0 Å². The largest absolute Gasteiger partial charge is 0.471 e. The fraction of sp³-hybridized carbons (Fsp3) is 0.200. The summed E-state index contributed by atoms with van der Waals surface area (Å²) in [5.41, 5.74) is 0.682. The number of likely N-dealkylation sites (tertiary alicyclic amines) is 1. The van der Waals surface area contributed by atoms with Crippen molar-refractivity contribution in [1.29, 1.82) is 0 Å². The molecule has 0 saturated carbocycles. The zero-order valence-electron chi connectivity index (χ0n) is 14.6. The van der Waals surface area contributed by atoms with Crippen LogP contribution in [0.4, 0.5) is 13.2 Å². The Hall–Kier alpha value is -3.29. The van der Waals surface area contributed by atoms with E-state index >= 15 is 0 Å². The fourth-order valence-electron chi connectivity index (χ4n) is 2.96. The molecule has 0 spiro atoms. The molecule has 144 valence electrons. The van der Waals surface area contributed by atoms with E-state index in [1.54, 1.807) is 17.0 Å². The van der Waals surface area contributed by atoms with E-state index in [-0.39, 0.29) is 17.9 Å². The lowest BCUT2D eigenvalue weighted by molar-refractivity contribution is -0.137. The second-order valence-electron chi connectivity index (χ2n) is 6.47. The van der Waals surface area contributed by atoms with Crippen molar-refractivity contribution in [3.05, 3.63) is 78.2 Å². The number of hydrogen-bond acceptors (Lipinski definition) is 3. The van der Waals surface area contributed by atoms with E-state index in [1.807, 2.05) is 41.2 Å². The smallest absolute Gasteiger partial charge is 0.416 e. The maximum atomic E-state index is 12.7. The van der Waals surface area contributed by atoms with E-state index in [0.29, 0.717) is 18.7 Å². The minimum atomic E-state index is -4.45. The van der Waals surface area contributed by atoms with Gasteiger partial charge in [-0.15, -0.1) is 0 Å². The number of benzene rings is 1. The van der Waals surface area contributed by atoms with Crippen LogP contribution < -0.4 is 4.74 Å². The molecule has 1 saturated heterocycles. The van der Waals surface area contributed by atoms with Crippen molar-refractivity contribution >= 4 is 5.91 Å². The van der Waals surface area contributed by atoms with Gasteiger partial charge in [0.1, 0.15) is 6.10 Å². The van der Waals surface area contributed by atoms with Crippen LogP contribution >= 0.6 is 0 Å². The first-order valence-electron chi connectivity index (χ1n) is 8.63. The van der Waals surface area contributed by atoms with Gasteiger partial charge in [0.2, 0.25) is 5.88 Å². The first kappa shape index (κ1) is 18.1. The SMILES string of the molecule is O=C(c1ccc(-n2cccc2)cc1)N1CC(Oc2cc(C(F)(F)F)ccn2)C1. The molecule has 3 heterocycles. The summed E-state index contributed by atoms with van der Waals surface area (Å²) in [4.78, 5) is 17.9. The number of hydrogen-bond donors (Lipinski definition) is 0. The Bertz CT molecular complexity index is 963. The van der Waals surface area contributed by atoms with Crippen LogP contribution in [0.15, 0.2) is 67.1 Å². The van der Waals surface area contributed by atoms with E-state index in [2.05, 4.69) is 4.98 Å². The molecular formula is C20H16F3N3O2. The Morgan fingerprint density at radius 2 is 1.75 bits per heavy atom. The molecule has 2 aromatic heterocycles. The quantitative estimate of drug-likeness (QED) is 0.684. The number of alkyl halides is 3. The summed E-state index contributed by atoms with van der Waals surface area (Å²) in [5.74, 6) is -0.237. The Morgan fingerprint density at radius 3 is 2.39 bits per heavy atom. The molecule has 4 rings (SSSR count). The highest BCUT2D eigenvalue weighted by Gasteiger charge is 2.34. The van der Waals surface area contributed by atoms with Crippen LogP contribution in [0.3, 0.4) is 0 Å². The van der Waals surface area contributed by atoms with Crippen LogP contribution in [-0.2, 0) is 6.18 Å². The van der Waals surface area contributed by atoms with Crippen molar-refractivity contribution in [2.45, 2.75) is 12.3 Å². The highest BCUT2D eigenvalue weighted by Crippen LogP contribution is 2.31. The number of rotatable bonds is 4. The summed E-state index contributed by atoms with van der Waals surface area (Å²) in [5, 5.41) is 0. The predicted molar refractivity (Wildman–Crippen MR) is 95.3 cm³/mol. The third-order valence-corrected chi connectivity index (χ3v) is 4.50. The van der Waals surface area contributed by atoms with Gasteiger partial charge in [-0.2, -0.15) is 13.2 Å². The molecule has 1 amide bonds. The van der Waals surface area contributed by atoms with Crippen molar-refractivity contribution in [3.8, 4) is 11.6 Å². The monoisotopic (exact) mass is 387 g/mol. The van der Waals surface area contributed by atoms with Crippen molar-refractivity contribution in [2.75, 3.05) is 13.1 Å². The zero-order valence-corrected chi connectivity index (χ0v) is 14.6. The average Bonchev–Trinajstić information content (AvgIpc) is 3.18. The number of ether oxygens (including phenoxy) is 1. The highest BCUT2D eigenvalue weighted by molar-refractivity contribution is 5.95. The molecule has 28 heavy (non-hydrogen) atoms. The number of nitrogens with zero attached hydrogens (tertiary/aromatic N) is 3. The van der Waals surface area contributed by atoms with Crippen molar-refractivity contribution in [2.24, 2.45) is 0 Å². The Labute approximate surface area is 159 Å². The molecule has 0 atom stereocenters. The first-order valence-corrected chi connectivity index (χ1v) is 8.63. The number of aromatic nitrogens is 2. The third-order valence-electron chi connectivity index (χ3n) is 4.50. The van der Waals surface area contributed by atoms with Crippen LogP contribution in [-0.4, -0.2) is 39.6 Å². The molecule has 8 heteroatoms. The Balaban J connectivity index is 1.34. The fourth-order valence-corrected chi connectivity index (χ4v) is 2.96. The van der Waals surface area contributed by atoms with Gasteiger partial charge < -0.3 is 14.2 Å². The minimum absolute atomic E-state index is 0.0944. The summed E-state index contributed by atoms with van der Waals surface area (Å²) in [7, 11) is 0. The second kappa shape index (κ2) is 7.03. The number of pyridine rings is 1. The van der Waals surface area contributed by atoms with Gasteiger partial charge >= 0.3 is 6.18 Å². The van der Waals surface area contributed by atoms with E-state index in [1.165, 1.54) is 0 Å². The summed E-state index contributed by atoms with van der Waals surface area (Å²) in [6, 6.07) is 12.8. The maximum absolute atomic E-state index is 12.7. The van der Waals surface area contributed by atoms with Crippen LogP contribution in [0, 0.1) is 0 Å². The normalized spacial score (nSPS) is 14.6. The average molecular weight is 387 g/mol. The summed E-state index contributed by atoms with van der Waals surface area (Å²) >= 11 is 0. The van der Waals surface area contributed by atoms with Gasteiger partial charge in [0.05, 0.1) is 18.7 Å². The van der Waals surface area contributed by atoms with Crippen LogP contribution in [0.2, 0.25) is 0 Å². The molecular weight excluding hydrogens is 371 g/mol. The molecule has 0 radical (unpaired) electrons. The number of carbonyl (C=O) groups is 1. The maximum Gasteiger partial charge on any atom is 0.416 e. The van der Waals surface area contributed by atoms with E-state index in [4.69, 9.17) is 4.74 Å². The number of carbonyl (C=O) groups excluding carboxylic acids is 1. The Kier molecular flexibility index (Phi) is 4.54. The second-order valence-corrected chi connectivity index (χ2v) is 6.47. The summed E-state index contributed by atoms with van der Waals surface area (Å²) in [6.07, 6.45) is 0.0622. The molecule has 1 aliphatic heterocycles. The molecule has 0 N–H and O–H groups in total. The Morgan fingerprint density at radius 1 is 1.07 bits per heavy atom. The van der Waals surface area contributed by atoms with Crippen molar-refractivity contribution in [3.63, 3.8) is 0 Å². The van der Waals surface area contributed by atoms with Gasteiger partial charge in [0.25, 0.3) is 5.91 Å². The highest BCUT2D eigenvalue weighted by atomic mass is 19.4. The lowest BCUT2D eigenvalue weighted by Gasteiger charge is -2.38. The van der Waals surface area contributed by atoms with E-state index < -0.39 is 11.7 Å². The molecule has 5 nitrogen and oxygen atoms in total. The van der Waals surface area contributed by atoms with Gasteiger partial charge in [-0.1, -0.05) is 0 Å². The number of amides is 1. The zero-order chi connectivity index (χ0) is 19.7. The predicted octanol–water partition coefficient (Wildman–Crippen LogP) is 3.79. The topological polar surface area (TPSA) is 47.4 Å². The molecule has 0 unspecified atom stereocenters. The molecule has 3 aromatic rings. The van der Waals surface area contributed by atoms with Gasteiger partial charge in [0.15, 0.2) is 0 Å². The number of halogens is 3. The van der Waals surface area contributed by atoms with Crippen LogP contribution in [0.5, 0.6) is 5.88 Å². The lowest BCUT2D eigenvalue weighted by Crippen LogP contribution is -2.56. The van der Waals surface area contributed by atoms with Gasteiger partial charge in [0, 0.05) is 35.9 Å². The standard InChI is InChI=1S/C20H16F3N3O2/c21-20(22,23)15-7-8-24-18(11-15)28-17-12-26(13-17)19(27)14-3-5-16(6-4-14)25-9-1-2-10-25/h1-11,17H,12-13H2. The van der Waals surface area contributed by atoms with Crippen molar-refractivity contribution < 1.29 is 22.7 Å². The van der Waals surface area contributed by atoms with Gasteiger partial charge in [-0.3, -0.25) is 4.79 Å². The molecule has 1 aliphatic rings. The molecule has 0 bridgehead atoms. The summed E-state index contributed by atoms with van der Waals surface area (Å²) in [6.45, 7) is 0.603. The van der Waals surface area contributed by atoms with Crippen LogP contribution in [0.25, 0.3) is 5.69 Å². The van der Waals surface area contributed by atoms with Crippen LogP contribution in [0.1, 0.15) is 15.9 Å². The first-order chi connectivity index (χ1) is 13.4. The van der Waals surface area contributed by atoms with Gasteiger partial charge in [-0.25, -0.2) is 4.98 Å². The molecule has 0 aliphatic carbocycles. The molecule has 1 aromatic carbocycles. The van der Waals surface area contributed by atoms with Crippen molar-refractivity contribution in [1.82, 2.24) is 14.5 Å². The minimum Gasteiger partial charge on any atom is -0.471 e. The molecule has 1 fully saturated rings. The van der Waals surface area contributed by atoms with E-state index in [0.717, 1.165) is 24.0 Å². The third kappa shape index (κ3) is 3.71. The summed E-state index contributed by atoms with van der Waals surface area (Å²) < 4.78 is 45.6. The van der Waals surface area contributed by atoms with Gasteiger partial charge in [-0.05, 0) is 42.5 Å².